The Bertz CT molecular complexity index is 1130. The Morgan fingerprint density at radius 1 is 1.12 bits per heavy atom. The van der Waals surface area contributed by atoms with Crippen molar-refractivity contribution in [2.45, 2.75) is 51.4 Å². The monoisotopic (exact) mass is 463 g/mol. The van der Waals surface area contributed by atoms with Crippen molar-refractivity contribution >= 4 is 17.7 Å². The number of fused-ring (bicyclic) bond motifs is 1. The highest BCUT2D eigenvalue weighted by atomic mass is 16.5. The van der Waals surface area contributed by atoms with Gasteiger partial charge < -0.3 is 20.3 Å². The summed E-state index contributed by atoms with van der Waals surface area (Å²) in [5.74, 6) is -0.333. The van der Waals surface area contributed by atoms with Crippen LogP contribution in [-0.4, -0.2) is 58.1 Å². The Hall–Kier alpha value is -3.20. The molecule has 4 heterocycles. The molecule has 2 N–H and O–H groups in total. The first kappa shape index (κ1) is 21.3. The molecule has 4 aliphatic rings. The van der Waals surface area contributed by atoms with Crippen molar-refractivity contribution in [3.05, 3.63) is 47.3 Å². The first-order valence-electron chi connectivity index (χ1n) is 12.1. The molecule has 1 unspecified atom stereocenters. The molecule has 0 bridgehead atoms. The fraction of sp³-hybridized carbons (Fsp3) is 0.520. The minimum Gasteiger partial charge on any atom is -0.370 e. The van der Waals surface area contributed by atoms with E-state index in [0.717, 1.165) is 55.7 Å². The molecule has 3 amide bonds. The third-order valence-corrected chi connectivity index (χ3v) is 7.86. The molecule has 1 atom stereocenters. The van der Waals surface area contributed by atoms with Crippen LogP contribution in [-0.2, 0) is 27.5 Å². The minimum atomic E-state index is -0.249. The van der Waals surface area contributed by atoms with Crippen molar-refractivity contribution in [3.63, 3.8) is 0 Å². The number of para-hydroxylation sites is 1. The molecular weight excluding hydrogens is 434 g/mol. The van der Waals surface area contributed by atoms with Gasteiger partial charge in [0.2, 0.25) is 11.8 Å². The van der Waals surface area contributed by atoms with Gasteiger partial charge in [-0.2, -0.15) is 5.10 Å². The Morgan fingerprint density at radius 2 is 1.88 bits per heavy atom. The van der Waals surface area contributed by atoms with E-state index in [1.165, 1.54) is 0 Å². The fourth-order valence-electron chi connectivity index (χ4n) is 5.85. The lowest BCUT2D eigenvalue weighted by Crippen LogP contribution is -2.60. The quantitative estimate of drug-likeness (QED) is 0.716. The van der Waals surface area contributed by atoms with Gasteiger partial charge >= 0.3 is 0 Å². The third-order valence-electron chi connectivity index (χ3n) is 7.86. The molecule has 1 spiro atoms. The molecule has 3 fully saturated rings. The number of hydrogen-bond donors (Lipinski definition) is 2. The van der Waals surface area contributed by atoms with Crippen LogP contribution >= 0.6 is 0 Å². The molecule has 1 aromatic heterocycles. The number of carbonyl (C=O) groups is 3. The average molecular weight is 464 g/mol. The largest absolute Gasteiger partial charge is 0.370 e. The zero-order valence-corrected chi connectivity index (χ0v) is 19.1. The average Bonchev–Trinajstić information content (AvgIpc) is 3.55. The summed E-state index contributed by atoms with van der Waals surface area (Å²) in [7, 11) is 0. The van der Waals surface area contributed by atoms with Crippen LogP contribution in [0.25, 0.3) is 5.69 Å². The number of benzene rings is 1. The summed E-state index contributed by atoms with van der Waals surface area (Å²) in [4.78, 5) is 39.0. The van der Waals surface area contributed by atoms with Gasteiger partial charge in [-0.15, -0.1) is 0 Å². The van der Waals surface area contributed by atoms with Gasteiger partial charge in [-0.1, -0.05) is 18.2 Å². The number of carbonyl (C=O) groups excluding carboxylic acids is 3. The number of nitrogens with zero attached hydrogens (tertiary/aromatic N) is 3. The van der Waals surface area contributed by atoms with Gasteiger partial charge in [-0.3, -0.25) is 14.4 Å². The molecule has 1 aromatic carbocycles. The molecule has 9 nitrogen and oxygen atoms in total. The van der Waals surface area contributed by atoms with E-state index in [-0.39, 0.29) is 41.5 Å². The lowest BCUT2D eigenvalue weighted by atomic mass is 9.67. The van der Waals surface area contributed by atoms with Crippen LogP contribution in [0.5, 0.6) is 0 Å². The summed E-state index contributed by atoms with van der Waals surface area (Å²) < 4.78 is 7.49. The molecular formula is C25H29N5O4. The van der Waals surface area contributed by atoms with Gasteiger partial charge in [0, 0.05) is 43.1 Å². The third kappa shape index (κ3) is 3.68. The molecule has 178 valence electrons. The second-order valence-corrected chi connectivity index (χ2v) is 10.2. The second kappa shape index (κ2) is 8.23. The van der Waals surface area contributed by atoms with Gasteiger partial charge in [0.05, 0.1) is 30.5 Å². The maximum atomic E-state index is 13.3. The summed E-state index contributed by atoms with van der Waals surface area (Å²) in [6.07, 6.45) is 4.09. The van der Waals surface area contributed by atoms with Crippen molar-refractivity contribution in [1.29, 1.82) is 0 Å². The van der Waals surface area contributed by atoms with Crippen LogP contribution in [0.2, 0.25) is 0 Å². The van der Waals surface area contributed by atoms with E-state index in [1.807, 2.05) is 39.9 Å². The molecule has 1 saturated carbocycles. The van der Waals surface area contributed by atoms with Crippen molar-refractivity contribution in [2.24, 2.45) is 11.3 Å². The van der Waals surface area contributed by atoms with Gasteiger partial charge in [0.1, 0.15) is 0 Å². The van der Waals surface area contributed by atoms with E-state index in [1.54, 1.807) is 0 Å². The molecule has 1 aliphatic carbocycles. The number of likely N-dealkylation sites (tertiary alicyclic amines) is 1. The SMILES string of the molecule is O=C1CC(C(=O)NC2CCC3(CC2)CN(C(=O)c2nn(-c4ccccc4)c4c2COC4)C3)CN1. The Balaban J connectivity index is 1.07. The summed E-state index contributed by atoms with van der Waals surface area (Å²) in [6.45, 7) is 2.80. The van der Waals surface area contributed by atoms with E-state index in [9.17, 15) is 14.4 Å². The summed E-state index contributed by atoms with van der Waals surface area (Å²) in [5.41, 5.74) is 3.44. The summed E-state index contributed by atoms with van der Waals surface area (Å²) >= 11 is 0. The van der Waals surface area contributed by atoms with Gasteiger partial charge in [-0.05, 0) is 37.8 Å². The number of rotatable bonds is 4. The van der Waals surface area contributed by atoms with Crippen molar-refractivity contribution in [3.8, 4) is 5.69 Å². The highest BCUT2D eigenvalue weighted by Crippen LogP contribution is 2.44. The summed E-state index contributed by atoms with van der Waals surface area (Å²) in [5, 5.41) is 10.6. The van der Waals surface area contributed by atoms with E-state index >= 15 is 0 Å². The first-order valence-corrected chi connectivity index (χ1v) is 12.1. The van der Waals surface area contributed by atoms with Crippen LogP contribution in [0.3, 0.4) is 0 Å². The van der Waals surface area contributed by atoms with Crippen molar-refractivity contribution < 1.29 is 19.1 Å². The highest BCUT2D eigenvalue weighted by Gasteiger charge is 2.48. The molecule has 6 rings (SSSR count). The number of amides is 3. The highest BCUT2D eigenvalue weighted by molar-refractivity contribution is 5.95. The molecule has 34 heavy (non-hydrogen) atoms. The normalized spacial score (nSPS) is 23.5. The Morgan fingerprint density at radius 3 is 2.59 bits per heavy atom. The van der Waals surface area contributed by atoms with Crippen LogP contribution in [0.4, 0.5) is 0 Å². The minimum absolute atomic E-state index is 0.0177. The molecule has 9 heteroatoms. The van der Waals surface area contributed by atoms with Crippen LogP contribution < -0.4 is 10.6 Å². The van der Waals surface area contributed by atoms with Crippen LogP contribution in [0.1, 0.15) is 53.8 Å². The molecule has 2 aromatic rings. The standard InChI is InChI=1S/C25H29N5O4/c31-21-10-16(11-26-21)23(32)27-17-6-8-25(9-7-17)14-29(15-25)24(33)22-19-12-34-13-20(19)30(28-22)18-4-2-1-3-5-18/h1-5,16-17H,6-15H2,(H,26,31)(H,27,32). The van der Waals surface area contributed by atoms with Gasteiger partial charge in [0.25, 0.3) is 5.91 Å². The first-order chi connectivity index (χ1) is 16.5. The summed E-state index contributed by atoms with van der Waals surface area (Å²) in [6, 6.07) is 10.0. The van der Waals surface area contributed by atoms with E-state index in [4.69, 9.17) is 9.84 Å². The second-order valence-electron chi connectivity index (χ2n) is 10.2. The van der Waals surface area contributed by atoms with E-state index < -0.39 is 0 Å². The molecule has 0 radical (unpaired) electrons. The van der Waals surface area contributed by atoms with Crippen LogP contribution in [0, 0.1) is 11.3 Å². The maximum absolute atomic E-state index is 13.3. The fourth-order valence-corrected chi connectivity index (χ4v) is 5.85. The van der Waals surface area contributed by atoms with E-state index in [2.05, 4.69) is 10.6 Å². The predicted octanol–water partition coefficient (Wildman–Crippen LogP) is 1.54. The number of nitrogens with one attached hydrogen (secondary N) is 2. The van der Waals surface area contributed by atoms with Crippen molar-refractivity contribution in [2.75, 3.05) is 19.6 Å². The zero-order chi connectivity index (χ0) is 23.3. The number of ether oxygens (including phenoxy) is 1. The van der Waals surface area contributed by atoms with Crippen molar-refractivity contribution in [1.82, 2.24) is 25.3 Å². The maximum Gasteiger partial charge on any atom is 0.274 e. The zero-order valence-electron chi connectivity index (χ0n) is 19.1. The Labute approximate surface area is 197 Å². The van der Waals surface area contributed by atoms with Gasteiger partial charge in [-0.25, -0.2) is 4.68 Å². The lowest BCUT2D eigenvalue weighted by molar-refractivity contribution is -0.127. The lowest BCUT2D eigenvalue weighted by Gasteiger charge is -2.53. The Kier molecular flexibility index (Phi) is 5.17. The predicted molar refractivity (Wildman–Crippen MR) is 122 cm³/mol. The molecule has 3 aliphatic heterocycles. The number of aromatic nitrogens is 2. The number of hydrogen-bond acceptors (Lipinski definition) is 5. The van der Waals surface area contributed by atoms with Gasteiger partial charge in [0.15, 0.2) is 5.69 Å². The van der Waals surface area contributed by atoms with E-state index in [0.29, 0.717) is 25.5 Å². The smallest absolute Gasteiger partial charge is 0.274 e. The molecule has 2 saturated heterocycles. The van der Waals surface area contributed by atoms with Crippen LogP contribution in [0.15, 0.2) is 30.3 Å². The topological polar surface area (TPSA) is 106 Å².